The van der Waals surface area contributed by atoms with Gasteiger partial charge in [-0.1, -0.05) is 28.1 Å². The van der Waals surface area contributed by atoms with Crippen molar-refractivity contribution in [2.24, 2.45) is 17.4 Å². The summed E-state index contributed by atoms with van der Waals surface area (Å²) in [6.45, 7) is 4.05. The fourth-order valence-electron chi connectivity index (χ4n) is 2.97. The quantitative estimate of drug-likeness (QED) is 0.871. The molecule has 0 aromatic heterocycles. The van der Waals surface area contributed by atoms with Gasteiger partial charge in [0.05, 0.1) is 0 Å². The van der Waals surface area contributed by atoms with Crippen LogP contribution in [0.1, 0.15) is 31.7 Å². The highest BCUT2D eigenvalue weighted by Crippen LogP contribution is 2.26. The molecule has 1 heterocycles. The molecule has 1 aliphatic heterocycles. The summed E-state index contributed by atoms with van der Waals surface area (Å²) in [5.41, 5.74) is 11.9. The first-order valence-electron chi connectivity index (χ1n) is 7.49. The zero-order valence-corrected chi connectivity index (χ0v) is 14.1. The number of rotatable bonds is 4. The molecule has 0 saturated carbocycles. The Kier molecular flexibility index (Phi) is 5.41. The molecule has 2 rings (SSSR count). The number of carbonyl (C=O) groups excluding carboxylic acids is 1. The molecule has 1 fully saturated rings. The fraction of sp³-hybridized carbons (Fsp3) is 0.562. The second-order valence-corrected chi connectivity index (χ2v) is 6.96. The van der Waals surface area contributed by atoms with Gasteiger partial charge in [-0.25, -0.2) is 0 Å². The number of hydrogen-bond acceptors (Lipinski definition) is 3. The van der Waals surface area contributed by atoms with Gasteiger partial charge in [-0.2, -0.15) is 0 Å². The van der Waals surface area contributed by atoms with E-state index in [2.05, 4.69) is 15.9 Å². The average Bonchev–Trinajstić information content (AvgIpc) is 2.47. The Morgan fingerprint density at radius 2 is 2.10 bits per heavy atom. The van der Waals surface area contributed by atoms with Crippen molar-refractivity contribution in [1.82, 2.24) is 4.90 Å². The Morgan fingerprint density at radius 1 is 1.43 bits per heavy atom. The maximum atomic E-state index is 12.8. The summed E-state index contributed by atoms with van der Waals surface area (Å²) in [5, 5.41) is 0. The van der Waals surface area contributed by atoms with E-state index in [1.54, 1.807) is 6.92 Å². The van der Waals surface area contributed by atoms with Gasteiger partial charge in [0.2, 0.25) is 5.91 Å². The second kappa shape index (κ2) is 6.90. The first-order valence-corrected chi connectivity index (χ1v) is 8.29. The van der Waals surface area contributed by atoms with Gasteiger partial charge in [0, 0.05) is 17.6 Å². The molecule has 4 nitrogen and oxygen atoms in total. The summed E-state index contributed by atoms with van der Waals surface area (Å²) >= 11 is 3.40. The van der Waals surface area contributed by atoms with Crippen LogP contribution in [0.15, 0.2) is 28.7 Å². The Morgan fingerprint density at radius 3 is 2.71 bits per heavy atom. The van der Waals surface area contributed by atoms with Crippen molar-refractivity contribution in [3.05, 3.63) is 34.3 Å². The number of carbonyl (C=O) groups is 1. The van der Waals surface area contributed by atoms with E-state index >= 15 is 0 Å². The van der Waals surface area contributed by atoms with Crippen LogP contribution in [-0.4, -0.2) is 30.4 Å². The molecule has 2 unspecified atom stereocenters. The SMILES string of the molecule is CC(N)(C(=O)N1CCCC(CCN)C1)c1ccc(Br)cc1. The number of likely N-dealkylation sites (tertiary alicyclic amines) is 1. The number of nitrogens with zero attached hydrogens (tertiary/aromatic N) is 1. The lowest BCUT2D eigenvalue weighted by Crippen LogP contribution is -2.53. The third-order valence-electron chi connectivity index (χ3n) is 4.27. The van der Waals surface area contributed by atoms with Crippen LogP contribution in [0.2, 0.25) is 0 Å². The number of halogens is 1. The van der Waals surface area contributed by atoms with E-state index in [0.29, 0.717) is 12.5 Å². The zero-order chi connectivity index (χ0) is 15.5. The summed E-state index contributed by atoms with van der Waals surface area (Å²) in [6.07, 6.45) is 3.16. The molecule has 1 aliphatic rings. The minimum atomic E-state index is -0.981. The molecule has 1 aromatic carbocycles. The molecular formula is C16H24BrN3O. The third-order valence-corrected chi connectivity index (χ3v) is 4.80. The van der Waals surface area contributed by atoms with Gasteiger partial charge in [0.15, 0.2) is 0 Å². The predicted molar refractivity (Wildman–Crippen MR) is 88.7 cm³/mol. The first-order chi connectivity index (χ1) is 9.95. The predicted octanol–water partition coefficient (Wildman–Crippen LogP) is 2.21. The molecule has 0 radical (unpaired) electrons. The van der Waals surface area contributed by atoms with E-state index in [1.807, 2.05) is 29.2 Å². The van der Waals surface area contributed by atoms with Gasteiger partial charge in [0.25, 0.3) is 0 Å². The fourth-order valence-corrected chi connectivity index (χ4v) is 3.23. The zero-order valence-electron chi connectivity index (χ0n) is 12.5. The lowest BCUT2D eigenvalue weighted by molar-refractivity contribution is -0.138. The summed E-state index contributed by atoms with van der Waals surface area (Å²) in [7, 11) is 0. The lowest BCUT2D eigenvalue weighted by atomic mass is 9.89. The van der Waals surface area contributed by atoms with E-state index in [4.69, 9.17) is 11.5 Å². The van der Waals surface area contributed by atoms with Crippen LogP contribution in [0.3, 0.4) is 0 Å². The van der Waals surface area contributed by atoms with Crippen molar-refractivity contribution in [3.63, 3.8) is 0 Å². The summed E-state index contributed by atoms with van der Waals surface area (Å²) in [5.74, 6) is 0.514. The van der Waals surface area contributed by atoms with Gasteiger partial charge >= 0.3 is 0 Å². The van der Waals surface area contributed by atoms with E-state index in [9.17, 15) is 4.79 Å². The van der Waals surface area contributed by atoms with Gasteiger partial charge in [-0.3, -0.25) is 4.79 Å². The van der Waals surface area contributed by atoms with Crippen molar-refractivity contribution < 1.29 is 4.79 Å². The van der Waals surface area contributed by atoms with Crippen molar-refractivity contribution in [2.45, 2.75) is 31.7 Å². The van der Waals surface area contributed by atoms with Crippen LogP contribution in [-0.2, 0) is 10.3 Å². The molecule has 5 heteroatoms. The third kappa shape index (κ3) is 3.84. The molecule has 0 spiro atoms. The van der Waals surface area contributed by atoms with Crippen molar-refractivity contribution >= 4 is 21.8 Å². The number of benzene rings is 1. The minimum Gasteiger partial charge on any atom is -0.341 e. The van der Waals surface area contributed by atoms with Gasteiger partial charge < -0.3 is 16.4 Å². The largest absolute Gasteiger partial charge is 0.341 e. The molecule has 2 atom stereocenters. The molecule has 1 amide bonds. The molecule has 0 aliphatic carbocycles. The number of nitrogens with two attached hydrogens (primary N) is 2. The Hall–Kier alpha value is -0.910. The first kappa shape index (κ1) is 16.5. The van der Waals surface area contributed by atoms with Gasteiger partial charge in [-0.15, -0.1) is 0 Å². The van der Waals surface area contributed by atoms with E-state index < -0.39 is 5.54 Å². The number of hydrogen-bond donors (Lipinski definition) is 2. The van der Waals surface area contributed by atoms with Gasteiger partial charge in [-0.05, 0) is 56.3 Å². The van der Waals surface area contributed by atoms with Crippen LogP contribution in [0, 0.1) is 5.92 Å². The number of piperidine rings is 1. The highest BCUT2D eigenvalue weighted by molar-refractivity contribution is 9.10. The van der Waals surface area contributed by atoms with E-state index in [0.717, 1.165) is 42.4 Å². The molecule has 21 heavy (non-hydrogen) atoms. The van der Waals surface area contributed by atoms with Crippen molar-refractivity contribution in [3.8, 4) is 0 Å². The van der Waals surface area contributed by atoms with Crippen LogP contribution < -0.4 is 11.5 Å². The topological polar surface area (TPSA) is 72.4 Å². The highest BCUT2D eigenvalue weighted by Gasteiger charge is 2.36. The molecule has 116 valence electrons. The van der Waals surface area contributed by atoms with Crippen LogP contribution in [0.5, 0.6) is 0 Å². The Labute approximate surface area is 135 Å². The van der Waals surface area contributed by atoms with E-state index in [1.165, 1.54) is 0 Å². The van der Waals surface area contributed by atoms with Crippen LogP contribution in [0.25, 0.3) is 0 Å². The lowest BCUT2D eigenvalue weighted by Gasteiger charge is -2.37. The van der Waals surface area contributed by atoms with Crippen molar-refractivity contribution in [2.75, 3.05) is 19.6 Å². The molecular weight excluding hydrogens is 330 g/mol. The van der Waals surface area contributed by atoms with Crippen LogP contribution >= 0.6 is 15.9 Å². The smallest absolute Gasteiger partial charge is 0.246 e. The van der Waals surface area contributed by atoms with Gasteiger partial charge in [0.1, 0.15) is 5.54 Å². The highest BCUT2D eigenvalue weighted by atomic mass is 79.9. The molecule has 4 N–H and O–H groups in total. The molecule has 0 bridgehead atoms. The Bertz CT molecular complexity index is 485. The summed E-state index contributed by atoms with van der Waals surface area (Å²) in [4.78, 5) is 14.7. The number of amides is 1. The molecule has 1 saturated heterocycles. The average molecular weight is 354 g/mol. The Balaban J connectivity index is 2.11. The monoisotopic (exact) mass is 353 g/mol. The maximum Gasteiger partial charge on any atom is 0.246 e. The standard InChI is InChI=1S/C16H24BrN3O/c1-16(19,13-4-6-14(17)7-5-13)15(21)20-10-2-3-12(11-20)8-9-18/h4-7,12H,2-3,8-11,18-19H2,1H3. The minimum absolute atomic E-state index is 0.00606. The van der Waals surface area contributed by atoms with Crippen molar-refractivity contribution in [1.29, 1.82) is 0 Å². The normalized spacial score (nSPS) is 21.9. The maximum absolute atomic E-state index is 12.8. The molecule has 1 aromatic rings. The summed E-state index contributed by atoms with van der Waals surface area (Å²) in [6, 6.07) is 7.65. The van der Waals surface area contributed by atoms with Crippen LogP contribution in [0.4, 0.5) is 0 Å². The second-order valence-electron chi connectivity index (χ2n) is 6.05. The van der Waals surface area contributed by atoms with E-state index in [-0.39, 0.29) is 5.91 Å². The summed E-state index contributed by atoms with van der Waals surface area (Å²) < 4.78 is 0.982.